The van der Waals surface area contributed by atoms with E-state index in [1.807, 2.05) is 4.90 Å². The van der Waals surface area contributed by atoms with E-state index in [2.05, 4.69) is 15.1 Å². The topological polar surface area (TPSA) is 98.4 Å². The van der Waals surface area contributed by atoms with Gasteiger partial charge in [-0.2, -0.15) is 4.98 Å². The predicted molar refractivity (Wildman–Crippen MR) is 126 cm³/mol. The maximum absolute atomic E-state index is 13.4. The first kappa shape index (κ1) is 24.5. The first-order chi connectivity index (χ1) is 17.0. The van der Waals surface area contributed by atoms with Gasteiger partial charge >= 0.3 is 5.97 Å². The molecule has 0 bridgehead atoms. The van der Waals surface area contributed by atoms with Crippen molar-refractivity contribution in [2.45, 2.75) is 44.9 Å². The number of likely N-dealkylation sites (tertiary alicyclic amines) is 1. The van der Waals surface area contributed by atoms with Crippen LogP contribution >= 0.6 is 0 Å². The van der Waals surface area contributed by atoms with Crippen molar-refractivity contribution in [3.05, 3.63) is 66.1 Å². The maximum Gasteiger partial charge on any atom is 0.306 e. The Morgan fingerprint density at radius 1 is 1.14 bits per heavy atom. The molecular weight excluding hydrogens is 451 g/mol. The minimum atomic E-state index is -0.307. The first-order valence-corrected chi connectivity index (χ1v) is 11.9. The molecule has 8 nitrogen and oxygen atoms in total. The molecule has 9 heteroatoms. The number of hydrogen-bond donors (Lipinski definition) is 0. The smallest absolute Gasteiger partial charge is 0.306 e. The number of aryl methyl sites for hydroxylation is 1. The number of esters is 1. The third-order valence-electron chi connectivity index (χ3n) is 6.41. The highest BCUT2D eigenvalue weighted by molar-refractivity contribution is 5.76. The van der Waals surface area contributed by atoms with Crippen molar-refractivity contribution in [1.82, 2.24) is 20.0 Å². The highest BCUT2D eigenvalue weighted by Gasteiger charge is 2.31. The number of nitrogens with zero attached hydrogens (tertiary/aromatic N) is 4. The SMILES string of the molecule is CCOC(=O)CC(c1ccc(F)cc1)C1CCN(C(=O)CCc2nc(-c3ccncc3)no2)CC1. The fourth-order valence-electron chi connectivity index (χ4n) is 4.56. The van der Waals surface area contributed by atoms with Gasteiger partial charge in [-0.15, -0.1) is 0 Å². The number of carbonyl (C=O) groups is 2. The average molecular weight is 481 g/mol. The summed E-state index contributed by atoms with van der Waals surface area (Å²) in [6.07, 6.45) is 5.75. The predicted octanol–water partition coefficient (Wildman–Crippen LogP) is 4.18. The molecule has 1 aromatic carbocycles. The number of aromatic nitrogens is 3. The Morgan fingerprint density at radius 3 is 2.54 bits per heavy atom. The molecule has 0 N–H and O–H groups in total. The average Bonchev–Trinajstić information content (AvgIpc) is 3.36. The number of halogens is 1. The molecule has 184 valence electrons. The largest absolute Gasteiger partial charge is 0.466 e. The van der Waals surface area contributed by atoms with Gasteiger partial charge in [-0.25, -0.2) is 4.39 Å². The van der Waals surface area contributed by atoms with Crippen molar-refractivity contribution in [3.63, 3.8) is 0 Å². The van der Waals surface area contributed by atoms with Crippen molar-refractivity contribution < 1.29 is 23.2 Å². The molecule has 1 fully saturated rings. The monoisotopic (exact) mass is 480 g/mol. The lowest BCUT2D eigenvalue weighted by Crippen LogP contribution is -2.40. The number of rotatable bonds is 9. The highest BCUT2D eigenvalue weighted by Crippen LogP contribution is 2.36. The Balaban J connectivity index is 1.31. The van der Waals surface area contributed by atoms with Crippen LogP contribution in [0.15, 0.2) is 53.3 Å². The van der Waals surface area contributed by atoms with Crippen molar-refractivity contribution in [3.8, 4) is 11.4 Å². The van der Waals surface area contributed by atoms with E-state index in [0.717, 1.165) is 24.0 Å². The van der Waals surface area contributed by atoms with Crippen LogP contribution in [0.3, 0.4) is 0 Å². The summed E-state index contributed by atoms with van der Waals surface area (Å²) in [6.45, 7) is 3.32. The van der Waals surface area contributed by atoms with Gasteiger partial charge in [0.15, 0.2) is 0 Å². The van der Waals surface area contributed by atoms with E-state index in [1.165, 1.54) is 12.1 Å². The lowest BCUT2D eigenvalue weighted by atomic mass is 9.78. The molecule has 4 rings (SSSR count). The molecule has 1 atom stereocenters. The molecule has 0 radical (unpaired) electrons. The zero-order valence-corrected chi connectivity index (χ0v) is 19.7. The van der Waals surface area contributed by atoms with Crippen LogP contribution < -0.4 is 0 Å². The molecule has 1 unspecified atom stereocenters. The standard InChI is InChI=1S/C26H29FN4O4/c1-2-34-25(33)17-22(18-3-5-21(27)6-4-18)19-11-15-31(16-12-19)24(32)8-7-23-29-26(30-35-23)20-9-13-28-14-10-20/h3-6,9-10,13-14,19,22H,2,7-8,11-12,15-17H2,1H3. The molecule has 1 saturated heterocycles. The van der Waals surface area contributed by atoms with E-state index in [-0.39, 0.29) is 42.4 Å². The van der Waals surface area contributed by atoms with Gasteiger partial charge in [-0.1, -0.05) is 17.3 Å². The Hall–Kier alpha value is -3.62. The zero-order valence-electron chi connectivity index (χ0n) is 19.7. The molecular formula is C26H29FN4O4. The minimum Gasteiger partial charge on any atom is -0.466 e. The summed E-state index contributed by atoms with van der Waals surface area (Å²) in [5.74, 6) is 0.500. The molecule has 1 amide bonds. The van der Waals surface area contributed by atoms with Crippen LogP contribution in [0.25, 0.3) is 11.4 Å². The van der Waals surface area contributed by atoms with Crippen LogP contribution in [0.4, 0.5) is 4.39 Å². The number of piperidine rings is 1. The molecule has 0 spiro atoms. The van der Waals surface area contributed by atoms with E-state index >= 15 is 0 Å². The lowest BCUT2D eigenvalue weighted by molar-refractivity contribution is -0.144. The van der Waals surface area contributed by atoms with Crippen molar-refractivity contribution in [2.75, 3.05) is 19.7 Å². The molecule has 3 heterocycles. The fraction of sp³-hybridized carbons (Fsp3) is 0.423. The van der Waals surface area contributed by atoms with Crippen LogP contribution in [0, 0.1) is 11.7 Å². The van der Waals surface area contributed by atoms with E-state index < -0.39 is 0 Å². The number of benzene rings is 1. The summed E-state index contributed by atoms with van der Waals surface area (Å²) in [5, 5.41) is 3.98. The van der Waals surface area contributed by atoms with Gasteiger partial charge in [0.2, 0.25) is 17.6 Å². The number of ether oxygens (including phenoxy) is 1. The molecule has 1 aliphatic heterocycles. The number of pyridine rings is 1. The third kappa shape index (κ3) is 6.49. The maximum atomic E-state index is 13.4. The van der Waals surface area contributed by atoms with Crippen molar-refractivity contribution in [2.24, 2.45) is 5.92 Å². The van der Waals surface area contributed by atoms with Crippen LogP contribution in [-0.2, 0) is 20.7 Å². The summed E-state index contributed by atoms with van der Waals surface area (Å²) in [6, 6.07) is 9.91. The van der Waals surface area contributed by atoms with Gasteiger partial charge in [0, 0.05) is 43.9 Å². The Bertz CT molecular complexity index is 1110. The number of carbonyl (C=O) groups excluding carboxylic acids is 2. The fourth-order valence-corrected chi connectivity index (χ4v) is 4.56. The summed E-state index contributed by atoms with van der Waals surface area (Å²) < 4.78 is 23.9. The van der Waals surface area contributed by atoms with Gasteiger partial charge in [-0.05, 0) is 61.4 Å². The second-order valence-electron chi connectivity index (χ2n) is 8.63. The van der Waals surface area contributed by atoms with E-state index in [9.17, 15) is 14.0 Å². The molecule has 3 aromatic rings. The van der Waals surface area contributed by atoms with Crippen LogP contribution in [0.1, 0.15) is 50.0 Å². The molecule has 0 saturated carbocycles. The minimum absolute atomic E-state index is 0.0378. The normalized spacial score (nSPS) is 15.1. The van der Waals surface area contributed by atoms with Crippen molar-refractivity contribution >= 4 is 11.9 Å². The first-order valence-electron chi connectivity index (χ1n) is 11.9. The summed E-state index contributed by atoms with van der Waals surface area (Å²) in [4.78, 5) is 35.2. The lowest BCUT2D eigenvalue weighted by Gasteiger charge is -2.36. The van der Waals surface area contributed by atoms with Crippen LogP contribution in [-0.4, -0.2) is 51.6 Å². The van der Waals surface area contributed by atoms with Crippen molar-refractivity contribution in [1.29, 1.82) is 0 Å². The zero-order chi connectivity index (χ0) is 24.6. The third-order valence-corrected chi connectivity index (χ3v) is 6.41. The van der Waals surface area contributed by atoms with Gasteiger partial charge in [0.05, 0.1) is 13.0 Å². The van der Waals surface area contributed by atoms with E-state index in [0.29, 0.717) is 37.8 Å². The van der Waals surface area contributed by atoms with E-state index in [4.69, 9.17) is 9.26 Å². The van der Waals surface area contributed by atoms with Crippen LogP contribution in [0.2, 0.25) is 0 Å². The second-order valence-corrected chi connectivity index (χ2v) is 8.63. The Morgan fingerprint density at radius 2 is 1.86 bits per heavy atom. The van der Waals surface area contributed by atoms with Gasteiger partial charge in [-0.3, -0.25) is 14.6 Å². The highest BCUT2D eigenvalue weighted by atomic mass is 19.1. The molecule has 1 aliphatic rings. The van der Waals surface area contributed by atoms with Gasteiger partial charge in [0.1, 0.15) is 5.82 Å². The van der Waals surface area contributed by atoms with E-state index in [1.54, 1.807) is 43.6 Å². The Labute approximate surface area is 203 Å². The number of hydrogen-bond acceptors (Lipinski definition) is 7. The Kier molecular flexibility index (Phi) is 8.18. The molecule has 0 aliphatic carbocycles. The van der Waals surface area contributed by atoms with Gasteiger partial charge < -0.3 is 14.2 Å². The number of amides is 1. The molecule has 2 aromatic heterocycles. The summed E-state index contributed by atoms with van der Waals surface area (Å²) >= 11 is 0. The van der Waals surface area contributed by atoms with Gasteiger partial charge in [0.25, 0.3) is 0 Å². The summed E-state index contributed by atoms with van der Waals surface area (Å²) in [5.41, 5.74) is 1.73. The summed E-state index contributed by atoms with van der Waals surface area (Å²) in [7, 11) is 0. The quantitative estimate of drug-likeness (QED) is 0.424. The van der Waals surface area contributed by atoms with Crippen LogP contribution in [0.5, 0.6) is 0 Å². The molecule has 35 heavy (non-hydrogen) atoms. The second kappa shape index (κ2) is 11.7.